The molecule has 4 heterocycles. The first-order valence-corrected chi connectivity index (χ1v) is 12.6. The number of nitrogens with one attached hydrogen (secondary N) is 2. The second kappa shape index (κ2) is 9.81. The van der Waals surface area contributed by atoms with Crippen molar-refractivity contribution in [2.45, 2.75) is 50.9 Å². The molecule has 0 spiro atoms. The Balaban J connectivity index is 1.19. The molecule has 3 fully saturated rings. The predicted octanol–water partition coefficient (Wildman–Crippen LogP) is 2.98. The number of benzene rings is 1. The van der Waals surface area contributed by atoms with Gasteiger partial charge in [0.05, 0.1) is 5.52 Å². The summed E-state index contributed by atoms with van der Waals surface area (Å²) in [4.78, 5) is 28.0. The number of hydrogen-bond donors (Lipinski definition) is 2. The minimum absolute atomic E-state index is 0.226. The molecular formula is C25H36N6O2. The van der Waals surface area contributed by atoms with Crippen LogP contribution in [0.15, 0.2) is 18.2 Å². The molecule has 3 aliphatic heterocycles. The molecule has 0 radical (unpaired) electrons. The van der Waals surface area contributed by atoms with Gasteiger partial charge in [0.25, 0.3) is 0 Å². The number of hydrogen-bond acceptors (Lipinski definition) is 5. The fourth-order valence-corrected chi connectivity index (χ4v) is 5.74. The van der Waals surface area contributed by atoms with Gasteiger partial charge >= 0.3 is 6.03 Å². The van der Waals surface area contributed by atoms with E-state index >= 15 is 0 Å². The minimum atomic E-state index is -0.386. The first kappa shape index (κ1) is 22.3. The molecule has 3 aliphatic rings. The van der Waals surface area contributed by atoms with E-state index in [1.54, 1.807) is 4.90 Å². The van der Waals surface area contributed by atoms with Crippen LogP contribution in [-0.2, 0) is 11.8 Å². The summed E-state index contributed by atoms with van der Waals surface area (Å²) in [6, 6.07) is 6.17. The smallest absolute Gasteiger partial charge is 0.317 e. The largest absolute Gasteiger partial charge is 0.329 e. The van der Waals surface area contributed by atoms with Gasteiger partial charge in [0.2, 0.25) is 5.91 Å². The van der Waals surface area contributed by atoms with E-state index in [0.717, 1.165) is 16.8 Å². The number of fused-ring (bicyclic) bond motifs is 1. The summed E-state index contributed by atoms with van der Waals surface area (Å²) >= 11 is 0. The van der Waals surface area contributed by atoms with E-state index in [0.29, 0.717) is 24.7 Å². The lowest BCUT2D eigenvalue weighted by Gasteiger charge is -2.33. The molecule has 3 saturated heterocycles. The molecule has 5 rings (SSSR count). The van der Waals surface area contributed by atoms with Gasteiger partial charge in [0, 0.05) is 25.4 Å². The average molecular weight is 453 g/mol. The molecule has 1 aromatic carbocycles. The van der Waals surface area contributed by atoms with Crippen LogP contribution in [-0.4, -0.2) is 65.9 Å². The van der Waals surface area contributed by atoms with Crippen LogP contribution in [0.2, 0.25) is 0 Å². The third-order valence-electron chi connectivity index (χ3n) is 7.77. The SMILES string of the molecule is Cn1nc(N2CCC(=O)NC2=O)c2ccc(C3CCN(CCCC4CCNCC4)CC3)cc21. The number of imide groups is 1. The summed E-state index contributed by atoms with van der Waals surface area (Å²) < 4.78 is 1.85. The third-order valence-corrected chi connectivity index (χ3v) is 7.77. The Labute approximate surface area is 195 Å². The van der Waals surface area contributed by atoms with Crippen LogP contribution in [0.5, 0.6) is 0 Å². The Morgan fingerprint density at radius 1 is 1.06 bits per heavy atom. The van der Waals surface area contributed by atoms with Crippen molar-refractivity contribution in [1.82, 2.24) is 25.3 Å². The number of amides is 3. The highest BCUT2D eigenvalue weighted by Gasteiger charge is 2.28. The van der Waals surface area contributed by atoms with Gasteiger partial charge in [-0.2, -0.15) is 5.10 Å². The first-order valence-electron chi connectivity index (χ1n) is 12.6. The second-order valence-electron chi connectivity index (χ2n) is 9.93. The first-order chi connectivity index (χ1) is 16.1. The average Bonchev–Trinajstić information content (AvgIpc) is 3.16. The predicted molar refractivity (Wildman–Crippen MR) is 129 cm³/mol. The van der Waals surface area contributed by atoms with Crippen LogP contribution in [0.25, 0.3) is 10.9 Å². The Morgan fingerprint density at radius 2 is 1.85 bits per heavy atom. The Bertz CT molecular complexity index is 1000. The molecule has 2 aromatic rings. The summed E-state index contributed by atoms with van der Waals surface area (Å²) in [6.45, 7) is 6.35. The maximum atomic E-state index is 12.3. The summed E-state index contributed by atoms with van der Waals surface area (Å²) in [6.07, 6.45) is 8.10. The van der Waals surface area contributed by atoms with E-state index in [1.807, 2.05) is 11.7 Å². The monoisotopic (exact) mass is 452 g/mol. The van der Waals surface area contributed by atoms with Crippen molar-refractivity contribution in [3.05, 3.63) is 23.8 Å². The molecular weight excluding hydrogens is 416 g/mol. The fraction of sp³-hybridized carbons (Fsp3) is 0.640. The summed E-state index contributed by atoms with van der Waals surface area (Å²) in [5.74, 6) is 1.91. The number of piperidine rings is 2. The highest BCUT2D eigenvalue weighted by atomic mass is 16.2. The molecule has 0 atom stereocenters. The molecule has 2 N–H and O–H groups in total. The maximum Gasteiger partial charge on any atom is 0.329 e. The Kier molecular flexibility index (Phi) is 6.64. The summed E-state index contributed by atoms with van der Waals surface area (Å²) in [5, 5.41) is 11.4. The molecule has 0 unspecified atom stereocenters. The lowest BCUT2D eigenvalue weighted by Crippen LogP contribution is -2.49. The van der Waals surface area contributed by atoms with Crippen molar-refractivity contribution in [3.8, 4) is 0 Å². The summed E-state index contributed by atoms with van der Waals surface area (Å²) in [5.41, 5.74) is 2.40. The van der Waals surface area contributed by atoms with Crippen LogP contribution >= 0.6 is 0 Å². The van der Waals surface area contributed by atoms with Crippen molar-refractivity contribution in [3.63, 3.8) is 0 Å². The van der Waals surface area contributed by atoms with Crippen LogP contribution in [0.3, 0.4) is 0 Å². The molecule has 0 saturated carbocycles. The quantitative estimate of drug-likeness (QED) is 0.704. The summed E-state index contributed by atoms with van der Waals surface area (Å²) in [7, 11) is 1.92. The number of anilines is 1. The molecule has 1 aromatic heterocycles. The zero-order valence-electron chi connectivity index (χ0n) is 19.7. The van der Waals surface area contributed by atoms with Crippen molar-refractivity contribution in [2.75, 3.05) is 44.2 Å². The van der Waals surface area contributed by atoms with Crippen LogP contribution in [0.1, 0.15) is 56.4 Å². The minimum Gasteiger partial charge on any atom is -0.317 e. The van der Waals surface area contributed by atoms with Crippen LogP contribution < -0.4 is 15.5 Å². The number of likely N-dealkylation sites (tertiary alicyclic amines) is 1. The third kappa shape index (κ3) is 4.92. The van der Waals surface area contributed by atoms with Crippen molar-refractivity contribution < 1.29 is 9.59 Å². The topological polar surface area (TPSA) is 82.5 Å². The van der Waals surface area contributed by atoms with Gasteiger partial charge < -0.3 is 10.2 Å². The normalized spacial score (nSPS) is 21.7. The zero-order chi connectivity index (χ0) is 22.8. The van der Waals surface area contributed by atoms with Crippen LogP contribution in [0, 0.1) is 5.92 Å². The van der Waals surface area contributed by atoms with E-state index in [9.17, 15) is 9.59 Å². The molecule has 0 bridgehead atoms. The van der Waals surface area contributed by atoms with Gasteiger partial charge in [-0.3, -0.25) is 19.7 Å². The van der Waals surface area contributed by atoms with Crippen molar-refractivity contribution in [1.29, 1.82) is 0 Å². The van der Waals surface area contributed by atoms with E-state index < -0.39 is 0 Å². The Morgan fingerprint density at radius 3 is 2.61 bits per heavy atom. The van der Waals surface area contributed by atoms with Gasteiger partial charge in [-0.15, -0.1) is 0 Å². The zero-order valence-corrected chi connectivity index (χ0v) is 19.7. The number of aromatic nitrogens is 2. The van der Waals surface area contributed by atoms with Crippen molar-refractivity contribution in [2.24, 2.45) is 13.0 Å². The van der Waals surface area contributed by atoms with Gasteiger partial charge in [-0.05, 0) is 101 Å². The van der Waals surface area contributed by atoms with Crippen molar-refractivity contribution >= 4 is 28.7 Å². The molecule has 8 heteroatoms. The van der Waals surface area contributed by atoms with Crippen LogP contribution in [0.4, 0.5) is 10.6 Å². The molecule has 0 aliphatic carbocycles. The molecule has 33 heavy (non-hydrogen) atoms. The van der Waals surface area contributed by atoms with Gasteiger partial charge in [-0.25, -0.2) is 4.79 Å². The number of nitrogens with zero attached hydrogens (tertiary/aromatic N) is 4. The number of aryl methyl sites for hydroxylation is 1. The molecule has 8 nitrogen and oxygen atoms in total. The highest BCUT2D eigenvalue weighted by molar-refractivity contribution is 6.08. The van der Waals surface area contributed by atoms with E-state index in [1.165, 1.54) is 76.8 Å². The van der Waals surface area contributed by atoms with Gasteiger partial charge in [0.1, 0.15) is 0 Å². The number of urea groups is 1. The van der Waals surface area contributed by atoms with E-state index in [2.05, 4.69) is 38.8 Å². The number of carbonyl (C=O) groups excluding carboxylic acids is 2. The van der Waals surface area contributed by atoms with Gasteiger partial charge in [0.15, 0.2) is 5.82 Å². The maximum absolute atomic E-state index is 12.3. The van der Waals surface area contributed by atoms with E-state index in [-0.39, 0.29) is 11.9 Å². The molecule has 3 amide bonds. The Hall–Kier alpha value is -2.45. The molecule has 178 valence electrons. The highest BCUT2D eigenvalue weighted by Crippen LogP contribution is 2.33. The fourth-order valence-electron chi connectivity index (χ4n) is 5.74. The lowest BCUT2D eigenvalue weighted by atomic mass is 9.88. The second-order valence-corrected chi connectivity index (χ2v) is 9.93. The number of carbonyl (C=O) groups is 2. The lowest BCUT2D eigenvalue weighted by molar-refractivity contribution is -0.120. The van der Waals surface area contributed by atoms with E-state index in [4.69, 9.17) is 0 Å². The van der Waals surface area contributed by atoms with Gasteiger partial charge in [-0.1, -0.05) is 6.07 Å². The number of rotatable bonds is 6. The standard InChI is InChI=1S/C25H36N6O2/c1-29-22-17-20(4-5-21(22)24(28-29)31-16-10-23(32)27-25(31)33)19-8-14-30(15-9-19)13-2-3-18-6-11-26-12-7-18/h4-5,17-19,26H,2-3,6-16H2,1H3,(H,27,32,33).